The Hall–Kier alpha value is -6.41. The van der Waals surface area contributed by atoms with Crippen LogP contribution in [0.3, 0.4) is 0 Å². The van der Waals surface area contributed by atoms with Crippen LogP contribution >= 0.6 is 0 Å². The summed E-state index contributed by atoms with van der Waals surface area (Å²) in [5.74, 6) is -8.74. The van der Waals surface area contributed by atoms with Crippen LogP contribution in [0.15, 0.2) is 60.7 Å². The smallest absolute Gasteiger partial charge is 0.332 e. The molecule has 0 aliphatic carbocycles. The second kappa shape index (κ2) is 30.4. The van der Waals surface area contributed by atoms with E-state index in [-0.39, 0.29) is 44.1 Å². The van der Waals surface area contributed by atoms with E-state index in [1.807, 2.05) is 33.8 Å². The number of likely N-dealkylation sites (tertiary alicyclic amines) is 1. The number of likely N-dealkylation sites (N-methyl/N-ethyl adjacent to an activating group) is 4. The van der Waals surface area contributed by atoms with E-state index in [9.17, 15) is 53.4 Å². The molecule has 2 aromatic carbocycles. The third-order valence-corrected chi connectivity index (χ3v) is 15.6. The predicted octanol–water partition coefficient (Wildman–Crippen LogP) is 4.29. The number of carbonyl (C=O) groups is 9. The number of carboxylic acid groups (broad SMARTS) is 1. The zero-order valence-electron chi connectivity index (χ0n) is 50.3. The number of ether oxygens (including phenoxy) is 1. The van der Waals surface area contributed by atoms with Gasteiger partial charge in [0.05, 0.1) is 11.6 Å². The molecule has 1 saturated heterocycles. The zero-order valence-corrected chi connectivity index (χ0v) is 50.3. The maximum Gasteiger partial charge on any atom is 0.332 e. The van der Waals surface area contributed by atoms with Crippen LogP contribution in [0.25, 0.3) is 0 Å². The monoisotopic (exact) mass is 1120 g/mol. The van der Waals surface area contributed by atoms with Gasteiger partial charge in [-0.1, -0.05) is 136 Å². The van der Waals surface area contributed by atoms with Gasteiger partial charge in [0.2, 0.25) is 35.4 Å². The van der Waals surface area contributed by atoms with Crippen molar-refractivity contribution in [2.75, 3.05) is 34.7 Å². The van der Waals surface area contributed by atoms with E-state index in [2.05, 4.69) is 10.6 Å². The molecule has 1 fully saturated rings. The summed E-state index contributed by atoms with van der Waals surface area (Å²) in [5.41, 5.74) is 5.72. The Morgan fingerprint density at radius 2 is 1.12 bits per heavy atom. The quantitative estimate of drug-likeness (QED) is 0.0713. The number of hydrogen-bond acceptors (Lipinski definition) is 12. The third-order valence-electron chi connectivity index (χ3n) is 15.6. The minimum Gasteiger partial charge on any atom is -0.480 e. The van der Waals surface area contributed by atoms with E-state index in [1.165, 1.54) is 56.7 Å². The molecule has 20 heteroatoms. The Bertz CT molecular complexity index is 2420. The number of nitrogens with zero attached hydrogens (tertiary/aromatic N) is 5. The van der Waals surface area contributed by atoms with Gasteiger partial charge in [0.25, 0.3) is 5.91 Å². The van der Waals surface area contributed by atoms with Crippen molar-refractivity contribution in [1.82, 2.24) is 35.1 Å². The number of nitrogens with two attached hydrogens (primary N) is 1. The van der Waals surface area contributed by atoms with Gasteiger partial charge in [-0.3, -0.25) is 33.6 Å². The van der Waals surface area contributed by atoms with Crippen LogP contribution in [-0.4, -0.2) is 183 Å². The lowest BCUT2D eigenvalue weighted by Crippen LogP contribution is -2.62. The number of carboxylic acids is 1. The first-order valence-electron chi connectivity index (χ1n) is 28.3. The van der Waals surface area contributed by atoms with E-state index in [1.54, 1.807) is 96.1 Å². The lowest BCUT2D eigenvalue weighted by atomic mass is 9.94. The average Bonchev–Trinajstić information content (AvgIpc) is 3.90. The number of benzene rings is 2. The van der Waals surface area contributed by atoms with E-state index in [0.717, 1.165) is 15.4 Å². The van der Waals surface area contributed by atoms with Gasteiger partial charge in [0.1, 0.15) is 36.3 Å². The maximum absolute atomic E-state index is 15.0. The van der Waals surface area contributed by atoms with Crippen molar-refractivity contribution in [2.24, 2.45) is 35.3 Å². The SMILES string of the molecule is CC[C@@H](C)[C@@H](OC(=O)[C@@H](N(C)C(=O)[C@H](CC(C)C)NC(=O)[C@H](C(C)C)N(C)C(=O)[C@@H](N)[C@@H](C)CC)C(C)(C)O)C(=O)N(C)[C@H](C(=O)N[C@@H](Cc1ccccc1)C(=O)N(C)[C@@H](Cc1ccccc1)C(=O)N1CCC[C@H]1C(=O)O)C(C)C. The molecule has 0 aromatic heterocycles. The molecular weight excluding hydrogens is 1020 g/mol. The Morgan fingerprint density at radius 3 is 1.57 bits per heavy atom. The van der Waals surface area contributed by atoms with Crippen LogP contribution in [0, 0.1) is 29.6 Å². The van der Waals surface area contributed by atoms with Gasteiger partial charge in [-0.15, -0.1) is 0 Å². The molecular formula is C60H94N8O12. The topological polar surface area (TPSA) is 270 Å². The molecule has 0 spiro atoms. The number of rotatable bonds is 29. The Morgan fingerprint density at radius 1 is 0.662 bits per heavy atom. The fraction of sp³-hybridized carbons (Fsp3) is 0.650. The lowest BCUT2D eigenvalue weighted by Gasteiger charge is -2.39. The summed E-state index contributed by atoms with van der Waals surface area (Å²) in [6.07, 6.45) is 0.281. The van der Waals surface area contributed by atoms with Crippen LogP contribution in [0.2, 0.25) is 0 Å². The van der Waals surface area contributed by atoms with Crippen molar-refractivity contribution in [3.05, 3.63) is 71.8 Å². The summed E-state index contributed by atoms with van der Waals surface area (Å²) in [4.78, 5) is 134. The maximum atomic E-state index is 15.0. The second-order valence-electron chi connectivity index (χ2n) is 23.6. The third kappa shape index (κ3) is 17.8. The molecule has 6 N–H and O–H groups in total. The van der Waals surface area contributed by atoms with Crippen molar-refractivity contribution in [3.8, 4) is 0 Å². The molecule has 2 aromatic rings. The summed E-state index contributed by atoms with van der Waals surface area (Å²) >= 11 is 0. The largest absolute Gasteiger partial charge is 0.480 e. The number of aliphatic carboxylic acids is 1. The van der Waals surface area contributed by atoms with Crippen LogP contribution < -0.4 is 16.4 Å². The van der Waals surface area contributed by atoms with Crippen LogP contribution in [0.1, 0.15) is 126 Å². The number of esters is 1. The number of hydrogen-bond donors (Lipinski definition) is 5. The number of nitrogens with one attached hydrogen (secondary N) is 2. The zero-order chi connectivity index (χ0) is 60.7. The molecule has 1 aliphatic heterocycles. The molecule has 0 radical (unpaired) electrons. The first kappa shape index (κ1) is 67.9. The van der Waals surface area contributed by atoms with Crippen molar-refractivity contribution in [1.29, 1.82) is 0 Å². The van der Waals surface area contributed by atoms with E-state index >= 15 is 0 Å². The van der Waals surface area contributed by atoms with E-state index < -0.39 is 131 Å². The van der Waals surface area contributed by atoms with Gasteiger partial charge in [-0.05, 0) is 74.3 Å². The molecule has 80 heavy (non-hydrogen) atoms. The molecule has 7 amide bonds. The molecule has 0 saturated carbocycles. The second-order valence-corrected chi connectivity index (χ2v) is 23.6. The number of aliphatic hydroxyl groups is 1. The fourth-order valence-corrected chi connectivity index (χ4v) is 10.5. The molecule has 446 valence electrons. The number of carbonyl (C=O) groups excluding carboxylic acids is 8. The highest BCUT2D eigenvalue weighted by Crippen LogP contribution is 2.26. The molecule has 11 atom stereocenters. The average molecular weight is 1120 g/mol. The fourth-order valence-electron chi connectivity index (χ4n) is 10.5. The van der Waals surface area contributed by atoms with Crippen molar-refractivity contribution >= 4 is 53.3 Å². The molecule has 1 aliphatic rings. The molecule has 0 unspecified atom stereocenters. The molecule has 3 rings (SSSR count). The predicted molar refractivity (Wildman–Crippen MR) is 305 cm³/mol. The minimum absolute atomic E-state index is 0.0204. The van der Waals surface area contributed by atoms with Crippen molar-refractivity contribution < 1.29 is 58.1 Å². The van der Waals surface area contributed by atoms with Gasteiger partial charge in [0.15, 0.2) is 12.1 Å². The van der Waals surface area contributed by atoms with Crippen LogP contribution in [0.4, 0.5) is 0 Å². The van der Waals surface area contributed by atoms with Gasteiger partial charge in [-0.25, -0.2) is 9.59 Å². The summed E-state index contributed by atoms with van der Waals surface area (Å²) < 4.78 is 6.08. The number of amides is 7. The standard InChI is InChI=1S/C60H94N8O12/c1-17-38(9)46(61)56(74)65(14)47(36(5)6)51(69)62-42(32-35(3)4)54(72)67(16)50(60(11,12)79)59(78)80-49(39(10)18-2)57(75)66(15)48(37(7)8)52(70)63-43(33-40-26-21-19-22-27-40)53(71)64(13)45(34-41-28-23-20-24-29-41)55(73)68-31-25-30-44(68)58(76)77/h19-24,26-29,35-39,42-50,79H,17-18,25,30-34,61H2,1-16H3,(H,62,69)(H,63,70)(H,76,77)/t38-,39+,42-,43-,44-,45-,46-,47-,48-,49+,50+/m0/s1. The van der Waals surface area contributed by atoms with Gasteiger partial charge < -0.3 is 55.8 Å². The van der Waals surface area contributed by atoms with Crippen molar-refractivity contribution in [3.63, 3.8) is 0 Å². The van der Waals surface area contributed by atoms with Crippen molar-refractivity contribution in [2.45, 2.75) is 188 Å². The highest BCUT2D eigenvalue weighted by Gasteiger charge is 2.47. The summed E-state index contributed by atoms with van der Waals surface area (Å²) in [5, 5.41) is 27.4. The highest BCUT2D eigenvalue weighted by atomic mass is 16.6. The lowest BCUT2D eigenvalue weighted by molar-refractivity contribution is -0.177. The summed E-state index contributed by atoms with van der Waals surface area (Å²) in [6, 6.07) is 8.32. The Labute approximate surface area is 474 Å². The molecule has 0 bridgehead atoms. The first-order valence-corrected chi connectivity index (χ1v) is 28.3. The Balaban J connectivity index is 2.01. The first-order chi connectivity index (χ1) is 37.3. The normalized spacial score (nSPS) is 17.4. The van der Waals surface area contributed by atoms with Crippen LogP contribution in [-0.2, 0) is 60.7 Å². The van der Waals surface area contributed by atoms with Gasteiger partial charge >= 0.3 is 11.9 Å². The van der Waals surface area contributed by atoms with E-state index in [4.69, 9.17) is 10.5 Å². The highest BCUT2D eigenvalue weighted by molar-refractivity contribution is 5.97. The van der Waals surface area contributed by atoms with E-state index in [0.29, 0.717) is 24.8 Å². The minimum atomic E-state index is -1.98. The van der Waals surface area contributed by atoms with Gasteiger partial charge in [0, 0.05) is 53.5 Å². The molecule has 1 heterocycles. The summed E-state index contributed by atoms with van der Waals surface area (Å²) in [7, 11) is 5.63. The molecule has 20 nitrogen and oxygen atoms in total. The summed E-state index contributed by atoms with van der Waals surface area (Å²) in [6.45, 7) is 20.7. The van der Waals surface area contributed by atoms with Gasteiger partial charge in [-0.2, -0.15) is 0 Å². The van der Waals surface area contributed by atoms with Crippen LogP contribution in [0.5, 0.6) is 0 Å². The Kier molecular flexibility index (Phi) is 25.8.